The lowest BCUT2D eigenvalue weighted by atomic mass is 10.4. The summed E-state index contributed by atoms with van der Waals surface area (Å²) in [5, 5.41) is 2.67. The number of nitrogens with zero attached hydrogens (tertiary/aromatic N) is 1. The van der Waals surface area contributed by atoms with Gasteiger partial charge < -0.3 is 10.1 Å². The van der Waals surface area contributed by atoms with Crippen molar-refractivity contribution < 1.29 is 17.9 Å². The molecule has 6 nitrogen and oxygen atoms in total. The minimum Gasteiger partial charge on any atom is -0.383 e. The van der Waals surface area contributed by atoms with Crippen LogP contribution in [-0.4, -0.2) is 52.0 Å². The molecule has 1 aromatic heterocycles. The summed E-state index contributed by atoms with van der Waals surface area (Å²) in [5.74, 6) is -0.269. The van der Waals surface area contributed by atoms with Crippen LogP contribution in [0.5, 0.6) is 0 Å². The van der Waals surface area contributed by atoms with Crippen LogP contribution in [0.15, 0.2) is 16.3 Å². The van der Waals surface area contributed by atoms with E-state index in [-0.39, 0.29) is 10.1 Å². The molecule has 0 aliphatic carbocycles. The number of carbonyl (C=O) groups is 1. The minimum atomic E-state index is -3.43. The predicted octanol–water partition coefficient (Wildman–Crippen LogP) is 0.909. The first-order valence-corrected chi connectivity index (χ1v) is 8.68. The first-order chi connectivity index (χ1) is 9.55. The number of sulfonamides is 1. The number of carbonyl (C=O) groups excluding carboxylic acids is 1. The molecule has 0 radical (unpaired) electrons. The third-order valence-electron chi connectivity index (χ3n) is 3.06. The molecule has 112 valence electrons. The smallest absolute Gasteiger partial charge is 0.261 e. The fourth-order valence-electron chi connectivity index (χ4n) is 1.99. The Labute approximate surface area is 122 Å². The Hall–Kier alpha value is -0.960. The van der Waals surface area contributed by atoms with Gasteiger partial charge in [0.2, 0.25) is 0 Å². The molecule has 1 aliphatic rings. The molecule has 0 unspecified atom stereocenters. The Bertz CT molecular complexity index is 562. The molecule has 1 aromatic rings. The van der Waals surface area contributed by atoms with E-state index in [0.717, 1.165) is 24.2 Å². The van der Waals surface area contributed by atoms with Gasteiger partial charge in [-0.3, -0.25) is 4.79 Å². The van der Waals surface area contributed by atoms with Gasteiger partial charge in [0.25, 0.3) is 15.9 Å². The average molecular weight is 318 g/mol. The maximum atomic E-state index is 12.3. The van der Waals surface area contributed by atoms with E-state index in [0.29, 0.717) is 31.1 Å². The number of thiophene rings is 1. The van der Waals surface area contributed by atoms with Crippen molar-refractivity contribution in [3.63, 3.8) is 0 Å². The van der Waals surface area contributed by atoms with E-state index in [1.807, 2.05) is 0 Å². The molecular formula is C12H18N2O4S2. The van der Waals surface area contributed by atoms with Crippen LogP contribution in [0.3, 0.4) is 0 Å². The highest BCUT2D eigenvalue weighted by atomic mass is 32.2. The van der Waals surface area contributed by atoms with Gasteiger partial charge in [-0.25, -0.2) is 8.42 Å². The van der Waals surface area contributed by atoms with E-state index < -0.39 is 10.0 Å². The second kappa shape index (κ2) is 6.66. The summed E-state index contributed by atoms with van der Waals surface area (Å²) in [6.45, 7) is 1.96. The molecule has 0 spiro atoms. The summed E-state index contributed by atoms with van der Waals surface area (Å²) in [5.41, 5.74) is 0. The monoisotopic (exact) mass is 318 g/mol. The summed E-state index contributed by atoms with van der Waals surface area (Å²) in [6, 6.07) is 3.05. The van der Waals surface area contributed by atoms with Crippen molar-refractivity contribution >= 4 is 27.3 Å². The summed E-state index contributed by atoms with van der Waals surface area (Å²) in [6.07, 6.45) is 1.80. The van der Waals surface area contributed by atoms with Gasteiger partial charge in [0.05, 0.1) is 11.5 Å². The van der Waals surface area contributed by atoms with E-state index in [1.165, 1.54) is 10.4 Å². The van der Waals surface area contributed by atoms with Crippen LogP contribution in [0.25, 0.3) is 0 Å². The standard InChI is InChI=1S/C12H18N2O4S2/c1-18-9-6-13-12(15)10-4-5-11(19-10)20(16,17)14-7-2-3-8-14/h4-5H,2-3,6-9H2,1H3,(H,13,15). The highest BCUT2D eigenvalue weighted by molar-refractivity contribution is 7.91. The van der Waals surface area contributed by atoms with Crippen molar-refractivity contribution in [1.29, 1.82) is 0 Å². The van der Waals surface area contributed by atoms with Gasteiger partial charge in [-0.2, -0.15) is 4.31 Å². The van der Waals surface area contributed by atoms with Gasteiger partial charge in [-0.15, -0.1) is 11.3 Å². The quantitative estimate of drug-likeness (QED) is 0.791. The normalized spacial score (nSPS) is 16.4. The molecule has 8 heteroatoms. The molecule has 0 saturated carbocycles. The highest BCUT2D eigenvalue weighted by Crippen LogP contribution is 2.27. The Morgan fingerprint density at radius 2 is 2.10 bits per heavy atom. The number of ether oxygens (including phenoxy) is 1. The molecule has 1 N–H and O–H groups in total. The van der Waals surface area contributed by atoms with Crippen LogP contribution in [-0.2, 0) is 14.8 Å². The van der Waals surface area contributed by atoms with Gasteiger partial charge in [-0.05, 0) is 25.0 Å². The molecule has 2 rings (SSSR count). The number of amides is 1. The Kier molecular flexibility index (Phi) is 5.14. The number of hydrogen-bond acceptors (Lipinski definition) is 5. The molecule has 1 aliphatic heterocycles. The summed E-state index contributed by atoms with van der Waals surface area (Å²) >= 11 is 1.01. The Balaban J connectivity index is 2.06. The van der Waals surface area contributed by atoms with Gasteiger partial charge in [0, 0.05) is 26.7 Å². The maximum Gasteiger partial charge on any atom is 0.261 e. The zero-order chi connectivity index (χ0) is 14.6. The Morgan fingerprint density at radius 3 is 2.75 bits per heavy atom. The molecule has 1 saturated heterocycles. The lowest BCUT2D eigenvalue weighted by molar-refractivity contribution is 0.0941. The van der Waals surface area contributed by atoms with Crippen LogP contribution < -0.4 is 5.32 Å². The van der Waals surface area contributed by atoms with Crippen LogP contribution in [0.4, 0.5) is 0 Å². The first kappa shape index (κ1) is 15.4. The summed E-state index contributed by atoms with van der Waals surface area (Å²) in [4.78, 5) is 12.2. The molecule has 2 heterocycles. The van der Waals surface area contributed by atoms with E-state index >= 15 is 0 Å². The fourth-order valence-corrected chi connectivity index (χ4v) is 4.88. The minimum absolute atomic E-state index is 0.233. The summed E-state index contributed by atoms with van der Waals surface area (Å²) in [7, 11) is -1.88. The van der Waals surface area contributed by atoms with Gasteiger partial charge >= 0.3 is 0 Å². The van der Waals surface area contributed by atoms with E-state index in [4.69, 9.17) is 4.74 Å². The van der Waals surface area contributed by atoms with Crippen LogP contribution in [0.2, 0.25) is 0 Å². The third kappa shape index (κ3) is 3.38. The van der Waals surface area contributed by atoms with Gasteiger partial charge in [-0.1, -0.05) is 0 Å². The van der Waals surface area contributed by atoms with Crippen LogP contribution in [0, 0.1) is 0 Å². The molecule has 0 aromatic carbocycles. The zero-order valence-corrected chi connectivity index (χ0v) is 12.9. The Morgan fingerprint density at radius 1 is 1.40 bits per heavy atom. The molecule has 0 atom stereocenters. The van der Waals surface area contributed by atoms with Crippen molar-refractivity contribution in [3.05, 3.63) is 17.0 Å². The largest absolute Gasteiger partial charge is 0.383 e. The van der Waals surface area contributed by atoms with E-state index in [9.17, 15) is 13.2 Å². The number of rotatable bonds is 6. The highest BCUT2D eigenvalue weighted by Gasteiger charge is 2.29. The molecular weight excluding hydrogens is 300 g/mol. The van der Waals surface area contributed by atoms with Crippen LogP contribution in [0.1, 0.15) is 22.5 Å². The average Bonchev–Trinajstić information content (AvgIpc) is 3.10. The van der Waals surface area contributed by atoms with Crippen molar-refractivity contribution in [2.45, 2.75) is 17.1 Å². The second-order valence-corrected chi connectivity index (χ2v) is 7.73. The lowest BCUT2D eigenvalue weighted by Crippen LogP contribution is -2.27. The zero-order valence-electron chi connectivity index (χ0n) is 11.3. The topological polar surface area (TPSA) is 75.7 Å². The lowest BCUT2D eigenvalue weighted by Gasteiger charge is -2.13. The number of hydrogen-bond donors (Lipinski definition) is 1. The summed E-state index contributed by atoms with van der Waals surface area (Å²) < 4.78 is 31.2. The number of methoxy groups -OCH3 is 1. The van der Waals surface area contributed by atoms with Crippen molar-refractivity contribution in [2.24, 2.45) is 0 Å². The molecule has 1 amide bonds. The van der Waals surface area contributed by atoms with Gasteiger partial charge in [0.1, 0.15) is 4.21 Å². The van der Waals surface area contributed by atoms with Crippen molar-refractivity contribution in [1.82, 2.24) is 9.62 Å². The van der Waals surface area contributed by atoms with E-state index in [1.54, 1.807) is 13.2 Å². The van der Waals surface area contributed by atoms with Gasteiger partial charge in [0.15, 0.2) is 0 Å². The van der Waals surface area contributed by atoms with Crippen LogP contribution >= 0.6 is 11.3 Å². The van der Waals surface area contributed by atoms with Crippen molar-refractivity contribution in [3.8, 4) is 0 Å². The fraction of sp³-hybridized carbons (Fsp3) is 0.583. The first-order valence-electron chi connectivity index (χ1n) is 6.43. The molecule has 20 heavy (non-hydrogen) atoms. The second-order valence-electron chi connectivity index (χ2n) is 4.48. The molecule has 1 fully saturated rings. The molecule has 0 bridgehead atoms. The van der Waals surface area contributed by atoms with E-state index in [2.05, 4.69) is 5.32 Å². The third-order valence-corrected chi connectivity index (χ3v) is 6.51. The number of nitrogens with one attached hydrogen (secondary N) is 1. The SMILES string of the molecule is COCCNC(=O)c1ccc(S(=O)(=O)N2CCCC2)s1. The maximum absolute atomic E-state index is 12.3. The predicted molar refractivity (Wildman–Crippen MR) is 76.5 cm³/mol. The van der Waals surface area contributed by atoms with Crippen molar-refractivity contribution in [2.75, 3.05) is 33.4 Å².